The van der Waals surface area contributed by atoms with Gasteiger partial charge in [-0.3, -0.25) is 4.79 Å². The van der Waals surface area contributed by atoms with Crippen molar-refractivity contribution < 1.29 is 13.6 Å². The molecule has 8 nitrogen and oxygen atoms in total. The number of fused-ring (bicyclic) bond motifs is 1. The number of hydrogen-bond acceptors (Lipinski definition) is 5. The van der Waals surface area contributed by atoms with Crippen LogP contribution in [0.15, 0.2) is 42.5 Å². The standard InChI is InChI=1S/C22H19F2N7O/c1-13-26-28-29-30(13)20-12-15(8-11-18(20)24)25-22(32)21-17-4-2-3-5-19(17)31(27-21)16-9-6-14(23)7-10-16/h6-12H,2-5H2,1H3,(H,25,32). The summed E-state index contributed by atoms with van der Waals surface area (Å²) in [5, 5.41) is 18.5. The van der Waals surface area contributed by atoms with Crippen LogP contribution >= 0.6 is 0 Å². The molecule has 2 aromatic carbocycles. The molecule has 0 radical (unpaired) electrons. The Morgan fingerprint density at radius 1 is 1.03 bits per heavy atom. The van der Waals surface area contributed by atoms with Crippen LogP contribution in [0.1, 0.15) is 40.4 Å². The Balaban J connectivity index is 1.49. The van der Waals surface area contributed by atoms with Crippen molar-refractivity contribution in [2.45, 2.75) is 32.6 Å². The van der Waals surface area contributed by atoms with Crippen molar-refractivity contribution in [2.75, 3.05) is 5.32 Å². The summed E-state index contributed by atoms with van der Waals surface area (Å²) in [7, 11) is 0. The number of aryl methyl sites for hydroxylation is 1. The van der Waals surface area contributed by atoms with E-state index < -0.39 is 11.7 Å². The molecule has 1 aliphatic carbocycles. The monoisotopic (exact) mass is 435 g/mol. The molecule has 1 N–H and O–H groups in total. The van der Waals surface area contributed by atoms with E-state index in [1.165, 1.54) is 35.0 Å². The number of aromatic nitrogens is 6. The minimum Gasteiger partial charge on any atom is -0.321 e. The van der Waals surface area contributed by atoms with E-state index in [0.717, 1.165) is 36.9 Å². The zero-order valence-corrected chi connectivity index (χ0v) is 17.2. The lowest BCUT2D eigenvalue weighted by Crippen LogP contribution is -2.16. The fraction of sp³-hybridized carbons (Fsp3) is 0.227. The summed E-state index contributed by atoms with van der Waals surface area (Å²) in [6.45, 7) is 1.65. The number of hydrogen-bond donors (Lipinski definition) is 1. The first-order valence-electron chi connectivity index (χ1n) is 10.2. The summed E-state index contributed by atoms with van der Waals surface area (Å²) in [6.07, 6.45) is 3.47. The lowest BCUT2D eigenvalue weighted by molar-refractivity contribution is 0.102. The van der Waals surface area contributed by atoms with Gasteiger partial charge in [0.2, 0.25) is 0 Å². The molecular weight excluding hydrogens is 416 g/mol. The fourth-order valence-corrected chi connectivity index (χ4v) is 3.97. The van der Waals surface area contributed by atoms with Crippen LogP contribution in [0.2, 0.25) is 0 Å². The third-order valence-corrected chi connectivity index (χ3v) is 5.52. The highest BCUT2D eigenvalue weighted by Crippen LogP contribution is 2.28. The maximum atomic E-state index is 14.3. The molecule has 1 amide bonds. The van der Waals surface area contributed by atoms with Gasteiger partial charge in [0.05, 0.1) is 5.69 Å². The Morgan fingerprint density at radius 3 is 2.56 bits per heavy atom. The van der Waals surface area contributed by atoms with Gasteiger partial charge in [0.15, 0.2) is 11.5 Å². The predicted molar refractivity (Wildman–Crippen MR) is 112 cm³/mol. The zero-order valence-electron chi connectivity index (χ0n) is 17.2. The molecular formula is C22H19F2N7O. The van der Waals surface area contributed by atoms with Gasteiger partial charge in [-0.15, -0.1) is 5.10 Å². The van der Waals surface area contributed by atoms with Gasteiger partial charge in [-0.25, -0.2) is 13.5 Å². The number of nitrogens with zero attached hydrogens (tertiary/aromatic N) is 6. The van der Waals surface area contributed by atoms with Gasteiger partial charge in [-0.1, -0.05) is 0 Å². The molecule has 0 saturated carbocycles. The number of nitrogens with one attached hydrogen (secondary N) is 1. The Bertz CT molecular complexity index is 1310. The smallest absolute Gasteiger partial charge is 0.276 e. The van der Waals surface area contributed by atoms with Crippen molar-refractivity contribution in [1.82, 2.24) is 30.0 Å². The molecule has 4 aromatic rings. The van der Waals surface area contributed by atoms with Crippen molar-refractivity contribution in [3.63, 3.8) is 0 Å². The normalized spacial score (nSPS) is 13.1. The van der Waals surface area contributed by atoms with Crippen molar-refractivity contribution >= 4 is 11.6 Å². The highest BCUT2D eigenvalue weighted by atomic mass is 19.1. The first kappa shape index (κ1) is 20.0. The zero-order chi connectivity index (χ0) is 22.2. The molecule has 2 heterocycles. The van der Waals surface area contributed by atoms with Crippen LogP contribution < -0.4 is 5.32 Å². The molecule has 1 aliphatic rings. The number of tetrazole rings is 1. The maximum absolute atomic E-state index is 14.3. The van der Waals surface area contributed by atoms with Crippen LogP contribution in [-0.4, -0.2) is 35.9 Å². The van der Waals surface area contributed by atoms with Crippen molar-refractivity contribution in [2.24, 2.45) is 0 Å². The molecule has 0 fully saturated rings. The third kappa shape index (κ3) is 3.53. The number of benzene rings is 2. The first-order chi connectivity index (χ1) is 15.5. The number of halogens is 2. The number of anilines is 1. The van der Waals surface area contributed by atoms with Crippen LogP contribution in [0.3, 0.4) is 0 Å². The minimum atomic E-state index is -0.517. The van der Waals surface area contributed by atoms with E-state index in [1.54, 1.807) is 23.7 Å². The van der Waals surface area contributed by atoms with Gasteiger partial charge in [0.1, 0.15) is 17.3 Å². The average molecular weight is 435 g/mol. The quantitative estimate of drug-likeness (QED) is 0.529. The molecule has 0 bridgehead atoms. The van der Waals surface area contributed by atoms with E-state index in [2.05, 4.69) is 25.9 Å². The molecule has 0 spiro atoms. The Morgan fingerprint density at radius 2 is 1.81 bits per heavy atom. The van der Waals surface area contributed by atoms with Gasteiger partial charge in [-0.2, -0.15) is 9.78 Å². The molecule has 2 aromatic heterocycles. The predicted octanol–water partition coefficient (Wildman–Crippen LogP) is 3.57. The van der Waals surface area contributed by atoms with E-state index in [0.29, 0.717) is 22.9 Å². The van der Waals surface area contributed by atoms with E-state index in [9.17, 15) is 13.6 Å². The summed E-state index contributed by atoms with van der Waals surface area (Å²) in [4.78, 5) is 13.1. The average Bonchev–Trinajstić information content (AvgIpc) is 3.39. The molecule has 0 unspecified atom stereocenters. The summed E-state index contributed by atoms with van der Waals surface area (Å²) in [5.74, 6) is -0.830. The van der Waals surface area contributed by atoms with Crippen LogP contribution in [0, 0.1) is 18.6 Å². The second kappa shape index (κ2) is 7.95. The van der Waals surface area contributed by atoms with Gasteiger partial charge in [0.25, 0.3) is 5.91 Å². The Labute approximate surface area is 181 Å². The lowest BCUT2D eigenvalue weighted by atomic mass is 9.95. The first-order valence-corrected chi connectivity index (χ1v) is 10.2. The van der Waals surface area contributed by atoms with Gasteiger partial charge in [0, 0.05) is 16.9 Å². The SMILES string of the molecule is Cc1nnnn1-c1cc(NC(=O)c2nn(-c3ccc(F)cc3)c3c2CCCC3)ccc1F. The number of rotatable bonds is 4. The molecule has 10 heteroatoms. The highest BCUT2D eigenvalue weighted by Gasteiger charge is 2.26. The molecule has 0 atom stereocenters. The van der Waals surface area contributed by atoms with E-state index >= 15 is 0 Å². The Hall–Kier alpha value is -3.95. The maximum Gasteiger partial charge on any atom is 0.276 e. The van der Waals surface area contributed by atoms with E-state index in [4.69, 9.17) is 0 Å². The topological polar surface area (TPSA) is 90.5 Å². The van der Waals surface area contributed by atoms with Crippen LogP contribution in [0.25, 0.3) is 11.4 Å². The molecule has 5 rings (SSSR count). The third-order valence-electron chi connectivity index (χ3n) is 5.52. The van der Waals surface area contributed by atoms with Gasteiger partial charge >= 0.3 is 0 Å². The van der Waals surface area contributed by atoms with Crippen molar-refractivity contribution in [1.29, 1.82) is 0 Å². The fourth-order valence-electron chi connectivity index (χ4n) is 3.97. The summed E-state index contributed by atoms with van der Waals surface area (Å²) >= 11 is 0. The minimum absolute atomic E-state index is 0.129. The molecule has 0 saturated heterocycles. The van der Waals surface area contributed by atoms with Gasteiger partial charge < -0.3 is 5.32 Å². The highest BCUT2D eigenvalue weighted by molar-refractivity contribution is 6.04. The summed E-state index contributed by atoms with van der Waals surface area (Å²) < 4.78 is 30.7. The summed E-state index contributed by atoms with van der Waals surface area (Å²) in [5.41, 5.74) is 3.37. The molecule has 162 valence electrons. The molecule has 32 heavy (non-hydrogen) atoms. The second-order valence-corrected chi connectivity index (χ2v) is 7.63. The second-order valence-electron chi connectivity index (χ2n) is 7.63. The largest absolute Gasteiger partial charge is 0.321 e. The number of carbonyl (C=O) groups excluding carboxylic acids is 1. The van der Waals surface area contributed by atoms with Crippen molar-refractivity contribution in [3.05, 3.63) is 76.9 Å². The molecule has 0 aliphatic heterocycles. The lowest BCUT2D eigenvalue weighted by Gasteiger charge is -2.14. The van der Waals surface area contributed by atoms with E-state index in [-0.39, 0.29) is 11.5 Å². The van der Waals surface area contributed by atoms with E-state index in [1.807, 2.05) is 0 Å². The van der Waals surface area contributed by atoms with Gasteiger partial charge in [-0.05, 0) is 85.5 Å². The Kier molecular flexibility index (Phi) is 4.96. The number of amides is 1. The van der Waals surface area contributed by atoms with Crippen molar-refractivity contribution in [3.8, 4) is 11.4 Å². The summed E-state index contributed by atoms with van der Waals surface area (Å²) in [6, 6.07) is 10.2. The number of carbonyl (C=O) groups is 1. The van der Waals surface area contributed by atoms with Crippen LogP contribution in [0.5, 0.6) is 0 Å². The van der Waals surface area contributed by atoms with Crippen LogP contribution in [0.4, 0.5) is 14.5 Å². The van der Waals surface area contributed by atoms with Crippen LogP contribution in [-0.2, 0) is 12.8 Å².